The van der Waals surface area contributed by atoms with Crippen molar-refractivity contribution in [3.8, 4) is 0 Å². The Morgan fingerprint density at radius 3 is 2.21 bits per heavy atom. The summed E-state index contributed by atoms with van der Waals surface area (Å²) in [6.07, 6.45) is 12.8. The summed E-state index contributed by atoms with van der Waals surface area (Å²) in [5.74, 6) is 7.53. The lowest BCUT2D eigenvalue weighted by atomic mass is 9.75. The number of nitrogens with one attached hydrogen (secondary N) is 1. The minimum atomic E-state index is 0.612. The van der Waals surface area contributed by atoms with E-state index in [1.807, 2.05) is 0 Å². The van der Waals surface area contributed by atoms with Crippen LogP contribution in [0.5, 0.6) is 0 Å². The van der Waals surface area contributed by atoms with Crippen molar-refractivity contribution in [1.29, 1.82) is 0 Å². The lowest BCUT2D eigenvalue weighted by Gasteiger charge is -2.35. The predicted octanol–water partition coefficient (Wildman–Crippen LogP) is 2.59. The van der Waals surface area contributed by atoms with E-state index in [4.69, 9.17) is 5.84 Å². The monoisotopic (exact) mass is 196 g/mol. The van der Waals surface area contributed by atoms with E-state index in [-0.39, 0.29) is 0 Å². The minimum Gasteiger partial charge on any atom is -0.271 e. The molecular formula is C12H24N2. The summed E-state index contributed by atoms with van der Waals surface area (Å²) in [6.45, 7) is 0. The standard InChI is InChI=1S/C12H24N2/c13-14-12(9-10-5-4-6-10)11-7-2-1-3-8-11/h10-12,14H,1-9,13H2. The van der Waals surface area contributed by atoms with Crippen molar-refractivity contribution in [2.75, 3.05) is 0 Å². The van der Waals surface area contributed by atoms with E-state index in [1.165, 1.54) is 57.8 Å². The zero-order valence-corrected chi connectivity index (χ0v) is 9.17. The average Bonchev–Trinajstić information content (AvgIpc) is 2.18. The quantitative estimate of drug-likeness (QED) is 0.536. The lowest BCUT2D eigenvalue weighted by Crippen LogP contribution is -2.43. The van der Waals surface area contributed by atoms with Gasteiger partial charge in [0.2, 0.25) is 0 Å². The zero-order valence-electron chi connectivity index (χ0n) is 9.17. The van der Waals surface area contributed by atoms with E-state index in [1.54, 1.807) is 0 Å². The molecule has 0 radical (unpaired) electrons. The van der Waals surface area contributed by atoms with E-state index in [2.05, 4.69) is 5.43 Å². The van der Waals surface area contributed by atoms with Crippen LogP contribution in [0.4, 0.5) is 0 Å². The predicted molar refractivity (Wildman–Crippen MR) is 59.6 cm³/mol. The summed E-state index contributed by atoms with van der Waals surface area (Å²) in [4.78, 5) is 0. The van der Waals surface area contributed by atoms with Crippen LogP contribution in [0.1, 0.15) is 57.8 Å². The van der Waals surface area contributed by atoms with Crippen molar-refractivity contribution >= 4 is 0 Å². The molecule has 0 heterocycles. The molecule has 0 amide bonds. The normalized spacial score (nSPS) is 27.2. The fourth-order valence-corrected chi connectivity index (χ4v) is 3.02. The van der Waals surface area contributed by atoms with Gasteiger partial charge in [0.05, 0.1) is 0 Å². The molecule has 0 aromatic carbocycles. The summed E-state index contributed by atoms with van der Waals surface area (Å²) < 4.78 is 0. The highest BCUT2D eigenvalue weighted by molar-refractivity contribution is 4.82. The largest absolute Gasteiger partial charge is 0.271 e. The van der Waals surface area contributed by atoms with Crippen LogP contribution >= 0.6 is 0 Å². The molecule has 2 saturated carbocycles. The van der Waals surface area contributed by atoms with E-state index in [0.717, 1.165) is 11.8 Å². The van der Waals surface area contributed by atoms with Crippen LogP contribution in [0.15, 0.2) is 0 Å². The molecule has 2 aliphatic carbocycles. The first kappa shape index (κ1) is 10.4. The second-order valence-corrected chi connectivity index (χ2v) is 5.20. The van der Waals surface area contributed by atoms with Gasteiger partial charge < -0.3 is 0 Å². The summed E-state index contributed by atoms with van der Waals surface area (Å²) in [7, 11) is 0. The summed E-state index contributed by atoms with van der Waals surface area (Å²) in [5.41, 5.74) is 3.07. The Morgan fingerprint density at radius 2 is 1.71 bits per heavy atom. The third-order valence-electron chi connectivity index (χ3n) is 4.24. The molecule has 0 saturated heterocycles. The first-order valence-electron chi connectivity index (χ1n) is 6.36. The highest BCUT2D eigenvalue weighted by Gasteiger charge is 2.27. The molecular weight excluding hydrogens is 172 g/mol. The molecule has 3 N–H and O–H groups in total. The molecule has 0 bridgehead atoms. The Bertz CT molecular complexity index is 160. The van der Waals surface area contributed by atoms with Crippen LogP contribution in [0.3, 0.4) is 0 Å². The lowest BCUT2D eigenvalue weighted by molar-refractivity contribution is 0.194. The highest BCUT2D eigenvalue weighted by Crippen LogP contribution is 2.35. The van der Waals surface area contributed by atoms with Crippen molar-refractivity contribution in [1.82, 2.24) is 5.43 Å². The second-order valence-electron chi connectivity index (χ2n) is 5.20. The van der Waals surface area contributed by atoms with Crippen LogP contribution < -0.4 is 11.3 Å². The van der Waals surface area contributed by atoms with Gasteiger partial charge in [-0.2, -0.15) is 0 Å². The van der Waals surface area contributed by atoms with Gasteiger partial charge in [-0.1, -0.05) is 38.5 Å². The van der Waals surface area contributed by atoms with Gasteiger partial charge in [-0.25, -0.2) is 0 Å². The fraction of sp³-hybridized carbons (Fsp3) is 1.00. The second kappa shape index (κ2) is 5.13. The van der Waals surface area contributed by atoms with Crippen LogP contribution in [-0.2, 0) is 0 Å². The van der Waals surface area contributed by atoms with Crippen LogP contribution in [0.25, 0.3) is 0 Å². The van der Waals surface area contributed by atoms with Gasteiger partial charge in [-0.15, -0.1) is 0 Å². The molecule has 2 fully saturated rings. The van der Waals surface area contributed by atoms with Gasteiger partial charge in [0, 0.05) is 6.04 Å². The van der Waals surface area contributed by atoms with Crippen molar-refractivity contribution < 1.29 is 0 Å². The molecule has 2 aliphatic rings. The number of hydrogen-bond donors (Lipinski definition) is 2. The van der Waals surface area contributed by atoms with Gasteiger partial charge in [0.25, 0.3) is 0 Å². The number of rotatable bonds is 4. The molecule has 0 spiro atoms. The molecule has 1 atom stereocenters. The van der Waals surface area contributed by atoms with Gasteiger partial charge in [-0.05, 0) is 31.1 Å². The zero-order chi connectivity index (χ0) is 9.80. The number of hydrazine groups is 1. The van der Waals surface area contributed by atoms with Crippen LogP contribution in [0.2, 0.25) is 0 Å². The molecule has 1 unspecified atom stereocenters. The molecule has 82 valence electrons. The third kappa shape index (κ3) is 2.48. The van der Waals surface area contributed by atoms with Gasteiger partial charge >= 0.3 is 0 Å². The Labute approximate surface area is 87.6 Å². The Kier molecular flexibility index (Phi) is 3.82. The minimum absolute atomic E-state index is 0.612. The highest BCUT2D eigenvalue weighted by atomic mass is 15.2. The maximum absolute atomic E-state index is 5.68. The topological polar surface area (TPSA) is 38.0 Å². The SMILES string of the molecule is NNC(CC1CCC1)C1CCCCC1. The van der Waals surface area contributed by atoms with Crippen molar-refractivity contribution in [2.45, 2.75) is 63.8 Å². The molecule has 0 aliphatic heterocycles. The number of hydrogen-bond acceptors (Lipinski definition) is 2. The first-order chi connectivity index (χ1) is 6.90. The van der Waals surface area contributed by atoms with Crippen molar-refractivity contribution in [3.05, 3.63) is 0 Å². The Hall–Kier alpha value is -0.0800. The number of nitrogens with two attached hydrogens (primary N) is 1. The van der Waals surface area contributed by atoms with E-state index < -0.39 is 0 Å². The van der Waals surface area contributed by atoms with Gasteiger partial charge in [0.1, 0.15) is 0 Å². The van der Waals surface area contributed by atoms with E-state index in [0.29, 0.717) is 6.04 Å². The maximum Gasteiger partial charge on any atom is 0.0241 e. The van der Waals surface area contributed by atoms with Gasteiger partial charge in [-0.3, -0.25) is 11.3 Å². The smallest absolute Gasteiger partial charge is 0.0241 e. The van der Waals surface area contributed by atoms with Gasteiger partial charge in [0.15, 0.2) is 0 Å². The molecule has 2 heteroatoms. The molecule has 2 rings (SSSR count). The molecule has 2 nitrogen and oxygen atoms in total. The van der Waals surface area contributed by atoms with E-state index in [9.17, 15) is 0 Å². The summed E-state index contributed by atoms with van der Waals surface area (Å²) in [6, 6.07) is 0.612. The third-order valence-corrected chi connectivity index (χ3v) is 4.24. The summed E-state index contributed by atoms with van der Waals surface area (Å²) in [5, 5.41) is 0. The molecule has 0 aromatic rings. The van der Waals surface area contributed by atoms with Crippen LogP contribution in [-0.4, -0.2) is 6.04 Å². The average molecular weight is 196 g/mol. The molecule has 0 aromatic heterocycles. The summed E-state index contributed by atoms with van der Waals surface area (Å²) >= 11 is 0. The van der Waals surface area contributed by atoms with Crippen molar-refractivity contribution in [3.63, 3.8) is 0 Å². The van der Waals surface area contributed by atoms with Crippen LogP contribution in [0, 0.1) is 11.8 Å². The first-order valence-corrected chi connectivity index (χ1v) is 6.36. The fourth-order valence-electron chi connectivity index (χ4n) is 3.02. The maximum atomic E-state index is 5.68. The van der Waals surface area contributed by atoms with E-state index >= 15 is 0 Å². The molecule has 14 heavy (non-hydrogen) atoms. The Balaban J connectivity index is 1.77. The van der Waals surface area contributed by atoms with Crippen molar-refractivity contribution in [2.24, 2.45) is 17.7 Å². The Morgan fingerprint density at radius 1 is 1.00 bits per heavy atom.